The first-order chi connectivity index (χ1) is 13.2. The highest BCUT2D eigenvalue weighted by atomic mass is 16.1. The van der Waals surface area contributed by atoms with Gasteiger partial charge in [-0.3, -0.25) is 4.79 Å². The number of amides is 1. The normalized spacial score (nSPS) is 19.7. The van der Waals surface area contributed by atoms with Crippen LogP contribution in [0.5, 0.6) is 0 Å². The summed E-state index contributed by atoms with van der Waals surface area (Å²) in [7, 11) is 0. The van der Waals surface area contributed by atoms with Crippen molar-refractivity contribution < 1.29 is 4.79 Å². The average molecular weight is 366 g/mol. The van der Waals surface area contributed by atoms with E-state index in [9.17, 15) is 4.79 Å². The van der Waals surface area contributed by atoms with Gasteiger partial charge in [0.2, 0.25) is 0 Å². The van der Waals surface area contributed by atoms with Gasteiger partial charge in [-0.15, -0.1) is 15.3 Å². The Bertz CT molecular complexity index is 988. The summed E-state index contributed by atoms with van der Waals surface area (Å²) in [5.74, 6) is 2.30. The number of carbonyl (C=O) groups is 1. The molecule has 1 aliphatic carbocycles. The van der Waals surface area contributed by atoms with E-state index in [0.717, 1.165) is 36.9 Å². The second kappa shape index (κ2) is 6.33. The molecule has 140 valence electrons. The Morgan fingerprint density at radius 2 is 2.19 bits per heavy atom. The SMILES string of the molecule is C[C@H]1c2nc(C(=O)NCC3CCC3)cn2CCN1c1ccc2nncn2n1. The number of rotatable bonds is 4. The van der Waals surface area contributed by atoms with Gasteiger partial charge in [-0.2, -0.15) is 4.52 Å². The van der Waals surface area contributed by atoms with Gasteiger partial charge in [-0.25, -0.2) is 4.98 Å². The molecule has 4 heterocycles. The molecule has 9 heteroatoms. The fourth-order valence-corrected chi connectivity index (χ4v) is 3.81. The van der Waals surface area contributed by atoms with E-state index in [0.29, 0.717) is 11.6 Å². The van der Waals surface area contributed by atoms with Crippen LogP contribution in [0.1, 0.15) is 48.5 Å². The summed E-state index contributed by atoms with van der Waals surface area (Å²) in [4.78, 5) is 19.3. The first-order valence-electron chi connectivity index (χ1n) is 9.48. The Kier molecular flexibility index (Phi) is 3.80. The highest BCUT2D eigenvalue weighted by molar-refractivity contribution is 5.92. The van der Waals surface area contributed by atoms with E-state index in [1.807, 2.05) is 18.3 Å². The van der Waals surface area contributed by atoms with E-state index in [-0.39, 0.29) is 11.9 Å². The number of nitrogens with one attached hydrogen (secondary N) is 1. The Labute approximate surface area is 156 Å². The van der Waals surface area contributed by atoms with Crippen molar-refractivity contribution in [1.82, 2.24) is 34.7 Å². The van der Waals surface area contributed by atoms with Gasteiger partial charge >= 0.3 is 0 Å². The predicted molar refractivity (Wildman–Crippen MR) is 98.4 cm³/mol. The summed E-state index contributed by atoms with van der Waals surface area (Å²) >= 11 is 0. The maximum atomic E-state index is 12.5. The molecule has 0 spiro atoms. The van der Waals surface area contributed by atoms with Crippen LogP contribution < -0.4 is 10.2 Å². The molecule has 1 N–H and O–H groups in total. The number of carbonyl (C=O) groups excluding carboxylic acids is 1. The predicted octanol–water partition coefficient (Wildman–Crippen LogP) is 1.43. The molecule has 9 nitrogen and oxygen atoms in total. The first kappa shape index (κ1) is 16.2. The fourth-order valence-electron chi connectivity index (χ4n) is 3.81. The lowest BCUT2D eigenvalue weighted by atomic mass is 9.85. The van der Waals surface area contributed by atoms with Gasteiger partial charge in [0.15, 0.2) is 5.65 Å². The van der Waals surface area contributed by atoms with E-state index >= 15 is 0 Å². The highest BCUT2D eigenvalue weighted by Crippen LogP contribution is 2.29. The summed E-state index contributed by atoms with van der Waals surface area (Å²) in [6.07, 6.45) is 7.18. The number of hydrogen-bond acceptors (Lipinski definition) is 6. The zero-order valence-electron chi connectivity index (χ0n) is 15.2. The number of fused-ring (bicyclic) bond motifs is 2. The van der Waals surface area contributed by atoms with Crippen molar-refractivity contribution in [1.29, 1.82) is 0 Å². The van der Waals surface area contributed by atoms with Crippen molar-refractivity contribution >= 4 is 17.4 Å². The zero-order chi connectivity index (χ0) is 18.4. The first-order valence-corrected chi connectivity index (χ1v) is 9.48. The molecule has 0 unspecified atom stereocenters. The molecule has 3 aromatic heterocycles. The van der Waals surface area contributed by atoms with Gasteiger partial charge in [0, 0.05) is 25.8 Å². The van der Waals surface area contributed by atoms with E-state index in [1.54, 1.807) is 10.8 Å². The third kappa shape index (κ3) is 2.83. The van der Waals surface area contributed by atoms with Gasteiger partial charge in [-0.1, -0.05) is 6.42 Å². The van der Waals surface area contributed by atoms with Crippen molar-refractivity contribution in [2.45, 2.75) is 38.8 Å². The molecule has 0 aromatic carbocycles. The summed E-state index contributed by atoms with van der Waals surface area (Å²) < 4.78 is 3.75. The van der Waals surface area contributed by atoms with Crippen LogP contribution in [0.3, 0.4) is 0 Å². The lowest BCUT2D eigenvalue weighted by Gasteiger charge is -2.34. The summed E-state index contributed by atoms with van der Waals surface area (Å²) in [5, 5.41) is 15.5. The lowest BCUT2D eigenvalue weighted by molar-refractivity contribution is 0.0934. The van der Waals surface area contributed by atoms with Crippen LogP contribution in [-0.2, 0) is 6.54 Å². The number of imidazole rings is 1. The van der Waals surface area contributed by atoms with E-state index in [1.165, 1.54) is 19.3 Å². The summed E-state index contributed by atoms with van der Waals surface area (Å²) in [6, 6.07) is 3.88. The topological polar surface area (TPSA) is 93.2 Å². The minimum atomic E-state index is -0.0772. The molecule has 0 saturated heterocycles. The van der Waals surface area contributed by atoms with Gasteiger partial charge in [0.05, 0.1) is 6.04 Å². The molecule has 1 amide bonds. The molecule has 5 rings (SSSR count). The average Bonchev–Trinajstić information content (AvgIpc) is 3.27. The molecule has 1 aliphatic heterocycles. The molecule has 1 fully saturated rings. The smallest absolute Gasteiger partial charge is 0.271 e. The van der Waals surface area contributed by atoms with Crippen LogP contribution in [0.25, 0.3) is 5.65 Å². The van der Waals surface area contributed by atoms with E-state index in [4.69, 9.17) is 0 Å². The highest BCUT2D eigenvalue weighted by Gasteiger charge is 2.29. The van der Waals surface area contributed by atoms with Gasteiger partial charge in [-0.05, 0) is 37.8 Å². The maximum Gasteiger partial charge on any atom is 0.271 e. The van der Waals surface area contributed by atoms with E-state index < -0.39 is 0 Å². The summed E-state index contributed by atoms with van der Waals surface area (Å²) in [6.45, 7) is 4.41. The molecule has 0 bridgehead atoms. The minimum absolute atomic E-state index is 0.0216. The molecule has 2 aliphatic rings. The molecule has 1 atom stereocenters. The lowest BCUT2D eigenvalue weighted by Crippen LogP contribution is -2.37. The van der Waals surface area contributed by atoms with Crippen LogP contribution in [-0.4, -0.2) is 48.4 Å². The van der Waals surface area contributed by atoms with Gasteiger partial charge < -0.3 is 14.8 Å². The molecular formula is C18H22N8O. The molecular weight excluding hydrogens is 344 g/mol. The van der Waals surface area contributed by atoms with E-state index in [2.05, 4.69) is 42.0 Å². The third-order valence-electron chi connectivity index (χ3n) is 5.68. The third-order valence-corrected chi connectivity index (χ3v) is 5.68. The molecule has 0 radical (unpaired) electrons. The summed E-state index contributed by atoms with van der Waals surface area (Å²) in [5.41, 5.74) is 1.22. The quantitative estimate of drug-likeness (QED) is 0.751. The monoisotopic (exact) mass is 366 g/mol. The minimum Gasteiger partial charge on any atom is -0.350 e. The largest absolute Gasteiger partial charge is 0.350 e. The van der Waals surface area contributed by atoms with Gasteiger partial charge in [0.1, 0.15) is 23.7 Å². The van der Waals surface area contributed by atoms with Gasteiger partial charge in [0.25, 0.3) is 5.91 Å². The van der Waals surface area contributed by atoms with Crippen molar-refractivity contribution in [3.63, 3.8) is 0 Å². The molecule has 1 saturated carbocycles. The Hall–Kier alpha value is -2.97. The van der Waals surface area contributed by atoms with Crippen molar-refractivity contribution in [2.75, 3.05) is 18.0 Å². The van der Waals surface area contributed by atoms with Crippen molar-refractivity contribution in [2.24, 2.45) is 5.92 Å². The van der Waals surface area contributed by atoms with Crippen LogP contribution in [0.4, 0.5) is 5.82 Å². The Morgan fingerprint density at radius 3 is 3.00 bits per heavy atom. The maximum absolute atomic E-state index is 12.5. The zero-order valence-corrected chi connectivity index (χ0v) is 15.2. The van der Waals surface area contributed by atoms with Crippen LogP contribution >= 0.6 is 0 Å². The number of aromatic nitrogens is 6. The Morgan fingerprint density at radius 1 is 1.30 bits per heavy atom. The molecule has 27 heavy (non-hydrogen) atoms. The van der Waals surface area contributed by atoms with Crippen molar-refractivity contribution in [3.8, 4) is 0 Å². The number of anilines is 1. The second-order valence-electron chi connectivity index (χ2n) is 7.38. The fraction of sp³-hybridized carbons (Fsp3) is 0.500. The van der Waals surface area contributed by atoms with Crippen LogP contribution in [0.2, 0.25) is 0 Å². The Balaban J connectivity index is 1.35. The van der Waals surface area contributed by atoms with Crippen LogP contribution in [0.15, 0.2) is 24.7 Å². The molecule has 3 aromatic rings. The van der Waals surface area contributed by atoms with Crippen molar-refractivity contribution in [3.05, 3.63) is 36.2 Å². The number of hydrogen-bond donors (Lipinski definition) is 1. The second-order valence-corrected chi connectivity index (χ2v) is 7.38. The number of nitrogens with zero attached hydrogens (tertiary/aromatic N) is 7. The standard InChI is InChI=1S/C18H22N8O/c1-12-17-21-14(18(27)19-9-13-3-2-4-13)10-24(17)7-8-25(12)16-6-5-15-22-20-11-26(15)23-16/h5-6,10-13H,2-4,7-9H2,1H3,(H,19,27)/t12-/m0/s1. The van der Waals surface area contributed by atoms with Crippen LogP contribution in [0, 0.1) is 5.92 Å².